The van der Waals surface area contributed by atoms with Gasteiger partial charge in [-0.25, -0.2) is 4.98 Å². The second-order valence-corrected chi connectivity index (χ2v) is 6.85. The molecule has 0 bridgehead atoms. The molecule has 0 aliphatic carbocycles. The lowest BCUT2D eigenvalue weighted by molar-refractivity contribution is -0.157. The maximum Gasteiger partial charge on any atom is 0.256 e. The van der Waals surface area contributed by atoms with Crippen molar-refractivity contribution in [2.24, 2.45) is 0 Å². The maximum atomic E-state index is 12.8. The van der Waals surface area contributed by atoms with Gasteiger partial charge in [-0.15, -0.1) is 0 Å². The van der Waals surface area contributed by atoms with E-state index >= 15 is 0 Å². The van der Waals surface area contributed by atoms with Crippen molar-refractivity contribution < 1.29 is 9.90 Å². The second kappa shape index (κ2) is 7.80. The summed E-state index contributed by atoms with van der Waals surface area (Å²) in [7, 11) is 0. The molecule has 6 nitrogen and oxygen atoms in total. The molecule has 1 aromatic carbocycles. The van der Waals surface area contributed by atoms with Crippen molar-refractivity contribution in [2.45, 2.75) is 38.3 Å². The van der Waals surface area contributed by atoms with Crippen LogP contribution < -0.4 is 5.32 Å². The number of hydrogen-bond acceptors (Lipinski definition) is 4. The van der Waals surface area contributed by atoms with Gasteiger partial charge in [-0.2, -0.15) is 0 Å². The average Bonchev–Trinajstić information content (AvgIpc) is 3.10. The first-order valence-electron chi connectivity index (χ1n) is 8.82. The van der Waals surface area contributed by atoms with E-state index in [-0.39, 0.29) is 12.5 Å². The number of nitrogens with zero attached hydrogens (tertiary/aromatic N) is 2. The van der Waals surface area contributed by atoms with Crippen molar-refractivity contribution >= 4 is 5.91 Å². The van der Waals surface area contributed by atoms with Gasteiger partial charge in [-0.1, -0.05) is 29.8 Å². The first-order valence-corrected chi connectivity index (χ1v) is 8.82. The Kier molecular flexibility index (Phi) is 5.50. The number of rotatable bonds is 7. The van der Waals surface area contributed by atoms with Gasteiger partial charge in [0.25, 0.3) is 5.91 Å². The van der Waals surface area contributed by atoms with Gasteiger partial charge in [0.2, 0.25) is 0 Å². The fourth-order valence-electron chi connectivity index (χ4n) is 3.35. The lowest BCUT2D eigenvalue weighted by Gasteiger charge is -2.38. The van der Waals surface area contributed by atoms with Crippen LogP contribution in [0.3, 0.4) is 0 Å². The Hall–Kier alpha value is -2.18. The smallest absolute Gasteiger partial charge is 0.256 e. The maximum absolute atomic E-state index is 12.8. The zero-order chi connectivity index (χ0) is 17.7. The molecular weight excluding hydrogens is 316 g/mol. The van der Waals surface area contributed by atoms with Gasteiger partial charge in [0.05, 0.1) is 6.33 Å². The Morgan fingerprint density at radius 1 is 1.44 bits per heavy atom. The lowest BCUT2D eigenvalue weighted by atomic mass is 9.91. The number of imidazole rings is 1. The van der Waals surface area contributed by atoms with E-state index in [1.807, 2.05) is 25.1 Å². The standard InChI is InChI=1S/C19H26N4O2/c1-15-4-2-5-16(10-15)12-23-9-3-7-19(25,18(23)24)13-20-8-6-17-11-21-14-22-17/h2,4-5,10-11,14,20,25H,3,6-9,12-13H2,1H3,(H,21,22)/t19-/m0/s1. The van der Waals surface area contributed by atoms with Crippen molar-refractivity contribution in [1.29, 1.82) is 0 Å². The van der Waals surface area contributed by atoms with E-state index in [1.165, 1.54) is 5.56 Å². The first-order chi connectivity index (χ1) is 12.1. The summed E-state index contributed by atoms with van der Waals surface area (Å²) in [6.45, 7) is 4.27. The van der Waals surface area contributed by atoms with Gasteiger partial charge < -0.3 is 20.3 Å². The Balaban J connectivity index is 1.54. The number of aromatic nitrogens is 2. The number of aliphatic hydroxyl groups is 1. The molecule has 1 fully saturated rings. The van der Waals surface area contributed by atoms with Gasteiger partial charge >= 0.3 is 0 Å². The molecule has 1 amide bonds. The highest BCUT2D eigenvalue weighted by molar-refractivity contribution is 5.86. The van der Waals surface area contributed by atoms with Gasteiger partial charge in [-0.3, -0.25) is 4.79 Å². The Bertz CT molecular complexity index is 701. The number of carbonyl (C=O) groups excluding carboxylic acids is 1. The molecule has 3 rings (SSSR count). The third-order valence-corrected chi connectivity index (χ3v) is 4.70. The Labute approximate surface area is 148 Å². The van der Waals surface area contributed by atoms with Crippen molar-refractivity contribution in [1.82, 2.24) is 20.2 Å². The lowest BCUT2D eigenvalue weighted by Crippen LogP contribution is -2.57. The van der Waals surface area contributed by atoms with Crippen LogP contribution in [0.1, 0.15) is 29.7 Å². The number of likely N-dealkylation sites (tertiary alicyclic amines) is 1. The molecule has 0 radical (unpaired) electrons. The third-order valence-electron chi connectivity index (χ3n) is 4.70. The van der Waals surface area contributed by atoms with E-state index in [0.717, 1.165) is 24.1 Å². The van der Waals surface area contributed by atoms with Crippen LogP contribution in [0.15, 0.2) is 36.8 Å². The molecule has 1 aliphatic heterocycles. The number of nitrogens with one attached hydrogen (secondary N) is 2. The highest BCUT2D eigenvalue weighted by Crippen LogP contribution is 2.24. The Morgan fingerprint density at radius 3 is 3.08 bits per heavy atom. The van der Waals surface area contributed by atoms with Crippen LogP contribution >= 0.6 is 0 Å². The minimum atomic E-state index is -1.31. The number of amides is 1. The number of H-pyrrole nitrogens is 1. The molecule has 0 spiro atoms. The van der Waals surface area contributed by atoms with Crippen LogP contribution in [-0.4, -0.2) is 51.1 Å². The summed E-state index contributed by atoms with van der Waals surface area (Å²) in [5.74, 6) is -0.172. The number of carbonyl (C=O) groups is 1. The van der Waals surface area contributed by atoms with Gasteiger partial charge in [-0.05, 0) is 25.3 Å². The molecule has 134 valence electrons. The summed E-state index contributed by atoms with van der Waals surface area (Å²) in [6, 6.07) is 8.16. The van der Waals surface area contributed by atoms with Crippen molar-refractivity contribution in [2.75, 3.05) is 19.6 Å². The number of hydrogen-bond donors (Lipinski definition) is 3. The molecule has 2 heterocycles. The fourth-order valence-corrected chi connectivity index (χ4v) is 3.35. The number of benzene rings is 1. The molecule has 1 aliphatic rings. The average molecular weight is 342 g/mol. The SMILES string of the molecule is Cc1cccc(CN2CCC[C@](O)(CNCCc3cnc[nH]3)C2=O)c1. The van der Waals surface area contributed by atoms with Gasteiger partial charge in [0.1, 0.15) is 0 Å². The Morgan fingerprint density at radius 2 is 2.32 bits per heavy atom. The van der Waals surface area contributed by atoms with Crippen molar-refractivity contribution in [3.8, 4) is 0 Å². The van der Waals surface area contributed by atoms with Crippen molar-refractivity contribution in [3.05, 3.63) is 53.6 Å². The summed E-state index contributed by atoms with van der Waals surface area (Å²) in [5, 5.41) is 14.0. The molecule has 1 aromatic heterocycles. The van der Waals surface area contributed by atoms with E-state index < -0.39 is 5.60 Å². The number of aryl methyl sites for hydroxylation is 1. The minimum Gasteiger partial charge on any atom is -0.379 e. The molecule has 25 heavy (non-hydrogen) atoms. The van der Waals surface area contributed by atoms with Crippen LogP contribution in [0, 0.1) is 6.92 Å². The molecule has 3 N–H and O–H groups in total. The predicted octanol–water partition coefficient (Wildman–Crippen LogP) is 1.40. The molecule has 1 atom stereocenters. The van der Waals surface area contributed by atoms with Crippen LogP contribution in [0.2, 0.25) is 0 Å². The van der Waals surface area contributed by atoms with Gasteiger partial charge in [0, 0.05) is 44.5 Å². The quantitative estimate of drug-likeness (QED) is 0.665. The summed E-state index contributed by atoms with van der Waals surface area (Å²) in [5.41, 5.74) is 2.01. The summed E-state index contributed by atoms with van der Waals surface area (Å²) in [4.78, 5) is 21.6. The zero-order valence-corrected chi connectivity index (χ0v) is 14.7. The van der Waals surface area contributed by atoms with Crippen molar-refractivity contribution in [3.63, 3.8) is 0 Å². The largest absolute Gasteiger partial charge is 0.379 e. The molecule has 0 saturated carbocycles. The van der Waals surface area contributed by atoms with Crippen LogP contribution in [0.25, 0.3) is 0 Å². The van der Waals surface area contributed by atoms with E-state index in [1.54, 1.807) is 17.4 Å². The molecule has 2 aromatic rings. The van der Waals surface area contributed by atoms with Crippen LogP contribution in [0.4, 0.5) is 0 Å². The van der Waals surface area contributed by atoms with Crippen LogP contribution in [-0.2, 0) is 17.8 Å². The van der Waals surface area contributed by atoms with E-state index in [4.69, 9.17) is 0 Å². The zero-order valence-electron chi connectivity index (χ0n) is 14.7. The summed E-state index contributed by atoms with van der Waals surface area (Å²) < 4.78 is 0. The molecule has 6 heteroatoms. The first kappa shape index (κ1) is 17.6. The summed E-state index contributed by atoms with van der Waals surface area (Å²) in [6.07, 6.45) is 5.54. The number of piperidine rings is 1. The molecule has 0 unspecified atom stereocenters. The highest BCUT2D eigenvalue weighted by Gasteiger charge is 2.41. The second-order valence-electron chi connectivity index (χ2n) is 6.85. The number of aromatic amines is 1. The van der Waals surface area contributed by atoms with E-state index in [0.29, 0.717) is 26.1 Å². The van der Waals surface area contributed by atoms with E-state index in [9.17, 15) is 9.90 Å². The van der Waals surface area contributed by atoms with Gasteiger partial charge in [0.15, 0.2) is 5.60 Å². The van der Waals surface area contributed by atoms with E-state index in [2.05, 4.69) is 21.4 Å². The third kappa shape index (κ3) is 4.46. The highest BCUT2D eigenvalue weighted by atomic mass is 16.3. The minimum absolute atomic E-state index is 0.172. The topological polar surface area (TPSA) is 81.2 Å². The normalized spacial score (nSPS) is 20.9. The summed E-state index contributed by atoms with van der Waals surface area (Å²) >= 11 is 0. The predicted molar refractivity (Wildman–Crippen MR) is 95.9 cm³/mol. The fraction of sp³-hybridized carbons (Fsp3) is 0.474. The monoisotopic (exact) mass is 342 g/mol. The van der Waals surface area contributed by atoms with Crippen LogP contribution in [0.5, 0.6) is 0 Å². The molecular formula is C19H26N4O2. The molecule has 1 saturated heterocycles.